The molecule has 1 saturated heterocycles. The Bertz CT molecular complexity index is 820. The molecular formula is C20H21BrN2O3. The number of hydrogen-bond donors (Lipinski definition) is 0. The maximum Gasteiger partial charge on any atom is 0.264 e. The number of nitrogens with zero attached hydrogens (tertiary/aromatic N) is 2. The molecule has 0 radical (unpaired) electrons. The highest BCUT2D eigenvalue weighted by atomic mass is 79.9. The smallest absolute Gasteiger partial charge is 0.264 e. The van der Waals surface area contributed by atoms with Gasteiger partial charge in [0.2, 0.25) is 5.91 Å². The van der Waals surface area contributed by atoms with Crippen molar-refractivity contribution in [2.45, 2.75) is 19.8 Å². The molecule has 6 heteroatoms. The van der Waals surface area contributed by atoms with Crippen molar-refractivity contribution in [1.29, 1.82) is 0 Å². The molecule has 0 aliphatic carbocycles. The molecule has 1 fully saturated rings. The molecule has 0 atom stereocenters. The van der Waals surface area contributed by atoms with Crippen LogP contribution in [0.2, 0.25) is 0 Å². The molecule has 2 aromatic carbocycles. The Balaban J connectivity index is 1.59. The molecule has 2 aromatic rings. The molecule has 0 N–H and O–H groups in total. The van der Waals surface area contributed by atoms with Gasteiger partial charge >= 0.3 is 0 Å². The number of hydrogen-bond acceptors (Lipinski definition) is 3. The molecule has 3 rings (SSSR count). The molecular weight excluding hydrogens is 396 g/mol. The van der Waals surface area contributed by atoms with E-state index in [1.165, 1.54) is 0 Å². The van der Waals surface area contributed by atoms with Crippen LogP contribution in [-0.4, -0.2) is 32.0 Å². The van der Waals surface area contributed by atoms with Gasteiger partial charge in [-0.1, -0.05) is 15.9 Å². The van der Waals surface area contributed by atoms with E-state index in [9.17, 15) is 9.59 Å². The number of amides is 2. The third-order valence-corrected chi connectivity index (χ3v) is 4.97. The molecule has 1 aliphatic rings. The molecule has 1 heterocycles. The predicted molar refractivity (Wildman–Crippen MR) is 106 cm³/mol. The normalized spacial score (nSPS) is 13.8. The predicted octanol–water partition coefficient (Wildman–Crippen LogP) is 3.93. The van der Waals surface area contributed by atoms with Crippen molar-refractivity contribution in [3.05, 3.63) is 52.5 Å². The second-order valence-corrected chi connectivity index (χ2v) is 7.23. The number of likely N-dealkylation sites (N-methyl/N-ethyl adjacent to an activating group) is 1. The molecule has 136 valence electrons. The number of ether oxygens (including phenoxy) is 1. The first-order chi connectivity index (χ1) is 12.5. The van der Waals surface area contributed by atoms with Crippen LogP contribution in [0.25, 0.3) is 0 Å². The lowest BCUT2D eigenvalue weighted by atomic mass is 10.2. The Kier molecular flexibility index (Phi) is 5.61. The average Bonchev–Trinajstić information content (AvgIpc) is 3.05. The largest absolute Gasteiger partial charge is 0.484 e. The number of rotatable bonds is 5. The molecule has 0 unspecified atom stereocenters. The Labute approximate surface area is 161 Å². The Morgan fingerprint density at radius 1 is 1.23 bits per heavy atom. The van der Waals surface area contributed by atoms with Crippen LogP contribution in [0.1, 0.15) is 18.4 Å². The molecule has 0 spiro atoms. The lowest BCUT2D eigenvalue weighted by Crippen LogP contribution is -2.31. The van der Waals surface area contributed by atoms with E-state index in [4.69, 9.17) is 4.74 Å². The van der Waals surface area contributed by atoms with Crippen LogP contribution in [-0.2, 0) is 9.59 Å². The lowest BCUT2D eigenvalue weighted by Gasteiger charge is -2.20. The highest BCUT2D eigenvalue weighted by molar-refractivity contribution is 9.10. The third-order valence-electron chi connectivity index (χ3n) is 4.48. The van der Waals surface area contributed by atoms with Crippen molar-refractivity contribution < 1.29 is 14.3 Å². The van der Waals surface area contributed by atoms with Gasteiger partial charge in [-0.3, -0.25) is 9.59 Å². The summed E-state index contributed by atoms with van der Waals surface area (Å²) in [5, 5.41) is 0. The van der Waals surface area contributed by atoms with Gasteiger partial charge in [-0.25, -0.2) is 0 Å². The summed E-state index contributed by atoms with van der Waals surface area (Å²) in [5.41, 5.74) is 2.73. The summed E-state index contributed by atoms with van der Waals surface area (Å²) in [6.45, 7) is 2.67. The van der Waals surface area contributed by atoms with Crippen molar-refractivity contribution in [2.75, 3.05) is 30.0 Å². The van der Waals surface area contributed by atoms with E-state index in [-0.39, 0.29) is 18.4 Å². The van der Waals surface area contributed by atoms with Crippen LogP contribution in [0.4, 0.5) is 11.4 Å². The van der Waals surface area contributed by atoms with Gasteiger partial charge in [0, 0.05) is 35.9 Å². The number of carbonyl (C=O) groups excluding carboxylic acids is 2. The monoisotopic (exact) mass is 416 g/mol. The summed E-state index contributed by atoms with van der Waals surface area (Å²) < 4.78 is 6.59. The van der Waals surface area contributed by atoms with E-state index in [2.05, 4.69) is 15.9 Å². The molecule has 5 nitrogen and oxygen atoms in total. The first-order valence-corrected chi connectivity index (χ1v) is 9.31. The van der Waals surface area contributed by atoms with E-state index in [1.54, 1.807) is 29.0 Å². The van der Waals surface area contributed by atoms with Gasteiger partial charge in [0.1, 0.15) is 5.75 Å². The summed E-state index contributed by atoms with van der Waals surface area (Å²) >= 11 is 3.42. The number of benzene rings is 2. The Morgan fingerprint density at radius 3 is 2.58 bits per heavy atom. The maximum absolute atomic E-state index is 12.4. The van der Waals surface area contributed by atoms with Crippen molar-refractivity contribution in [1.82, 2.24) is 0 Å². The Hall–Kier alpha value is -2.34. The summed E-state index contributed by atoms with van der Waals surface area (Å²) in [6.07, 6.45) is 1.50. The van der Waals surface area contributed by atoms with Crippen molar-refractivity contribution in [2.24, 2.45) is 0 Å². The van der Waals surface area contributed by atoms with Gasteiger partial charge in [0.05, 0.1) is 0 Å². The van der Waals surface area contributed by atoms with Gasteiger partial charge in [-0.2, -0.15) is 0 Å². The summed E-state index contributed by atoms with van der Waals surface area (Å²) in [7, 11) is 1.74. The molecule has 0 aromatic heterocycles. The Morgan fingerprint density at radius 2 is 1.96 bits per heavy atom. The van der Waals surface area contributed by atoms with Gasteiger partial charge in [0.15, 0.2) is 6.61 Å². The fourth-order valence-corrected chi connectivity index (χ4v) is 3.49. The van der Waals surface area contributed by atoms with Crippen LogP contribution in [0.15, 0.2) is 46.9 Å². The molecule has 1 aliphatic heterocycles. The second-order valence-electron chi connectivity index (χ2n) is 6.32. The van der Waals surface area contributed by atoms with Crippen molar-refractivity contribution in [3.8, 4) is 5.75 Å². The average molecular weight is 417 g/mol. The quantitative estimate of drug-likeness (QED) is 0.741. The maximum atomic E-state index is 12.4. The minimum absolute atomic E-state index is 0.0476. The van der Waals surface area contributed by atoms with Crippen LogP contribution in [0.5, 0.6) is 5.75 Å². The fourth-order valence-electron chi connectivity index (χ4n) is 3.01. The number of aryl methyl sites for hydroxylation is 1. The van der Waals surface area contributed by atoms with E-state index < -0.39 is 0 Å². The lowest BCUT2D eigenvalue weighted by molar-refractivity contribution is -0.120. The number of carbonyl (C=O) groups is 2. The standard InChI is InChI=1S/C20H21BrN2O3/c1-14-12-15(21)5-10-18(14)22(2)20(25)13-26-17-8-6-16(7-9-17)23-11-3-4-19(23)24/h5-10,12H,3-4,11,13H2,1-2H3. The molecule has 0 bridgehead atoms. The van der Waals surface area contributed by atoms with Gasteiger partial charge in [0.25, 0.3) is 5.91 Å². The van der Waals surface area contributed by atoms with E-state index in [0.717, 1.165) is 34.4 Å². The first-order valence-electron chi connectivity index (χ1n) is 8.51. The van der Waals surface area contributed by atoms with Crippen molar-refractivity contribution >= 4 is 39.1 Å². The molecule has 26 heavy (non-hydrogen) atoms. The van der Waals surface area contributed by atoms with Gasteiger partial charge in [-0.15, -0.1) is 0 Å². The summed E-state index contributed by atoms with van der Waals surface area (Å²) in [4.78, 5) is 27.6. The highest BCUT2D eigenvalue weighted by Gasteiger charge is 2.21. The fraction of sp³-hybridized carbons (Fsp3) is 0.300. The van der Waals surface area contributed by atoms with Crippen LogP contribution < -0.4 is 14.5 Å². The second kappa shape index (κ2) is 7.91. The minimum atomic E-state index is -0.130. The number of anilines is 2. The first kappa shape index (κ1) is 18.5. The molecule has 2 amide bonds. The van der Waals surface area contributed by atoms with Gasteiger partial charge in [-0.05, 0) is 61.4 Å². The number of halogens is 1. The zero-order valence-corrected chi connectivity index (χ0v) is 16.5. The third kappa shape index (κ3) is 4.07. The minimum Gasteiger partial charge on any atom is -0.484 e. The van der Waals surface area contributed by atoms with E-state index >= 15 is 0 Å². The SMILES string of the molecule is Cc1cc(Br)ccc1N(C)C(=O)COc1ccc(N2CCCC2=O)cc1. The zero-order chi connectivity index (χ0) is 18.7. The highest BCUT2D eigenvalue weighted by Crippen LogP contribution is 2.25. The zero-order valence-electron chi connectivity index (χ0n) is 14.9. The summed E-state index contributed by atoms with van der Waals surface area (Å²) in [6, 6.07) is 13.1. The topological polar surface area (TPSA) is 49.9 Å². The van der Waals surface area contributed by atoms with E-state index in [0.29, 0.717) is 12.2 Å². The van der Waals surface area contributed by atoms with Gasteiger partial charge < -0.3 is 14.5 Å². The summed E-state index contributed by atoms with van der Waals surface area (Å²) in [5.74, 6) is 0.629. The van der Waals surface area contributed by atoms with Crippen LogP contribution >= 0.6 is 15.9 Å². The van der Waals surface area contributed by atoms with Crippen molar-refractivity contribution in [3.63, 3.8) is 0 Å². The van der Waals surface area contributed by atoms with E-state index in [1.807, 2.05) is 37.3 Å². The van der Waals surface area contributed by atoms with Crippen LogP contribution in [0, 0.1) is 6.92 Å². The van der Waals surface area contributed by atoms with Crippen LogP contribution in [0.3, 0.4) is 0 Å². The molecule has 0 saturated carbocycles.